The van der Waals surface area contributed by atoms with Gasteiger partial charge in [-0.1, -0.05) is 11.6 Å². The van der Waals surface area contributed by atoms with Crippen LogP contribution in [-0.2, 0) is 4.79 Å². The Morgan fingerprint density at radius 2 is 1.97 bits per heavy atom. The first-order valence-corrected chi connectivity index (χ1v) is 12.9. The summed E-state index contributed by atoms with van der Waals surface area (Å²) in [5.74, 6) is -3.38. The average molecular weight is 569 g/mol. The standard InChI is InChI=1S/C27H29ClF4N4O3/c1-39-17-2-3-22-18(14-17)24(19(28)15-34-22)20(30)4-5-27(26(37)35-38)6-9-36(10-7-27)11-8-33-23-13-16(29)12-21(31)25(23)32/h2-3,12-15,20,33,38H,4-11H2,1H3,(H,35,37)/t20-/m1/s1. The third-order valence-electron chi connectivity index (χ3n) is 7.39. The van der Waals surface area contributed by atoms with Gasteiger partial charge in [-0.2, -0.15) is 0 Å². The lowest BCUT2D eigenvalue weighted by Gasteiger charge is -2.40. The predicted octanol–water partition coefficient (Wildman–Crippen LogP) is 5.80. The first-order chi connectivity index (χ1) is 18.7. The summed E-state index contributed by atoms with van der Waals surface area (Å²) in [6, 6.07) is 6.46. The van der Waals surface area contributed by atoms with Crippen LogP contribution in [0.15, 0.2) is 36.5 Å². The maximum Gasteiger partial charge on any atom is 0.249 e. The Kier molecular flexibility index (Phi) is 9.14. The number of benzene rings is 2. The average Bonchev–Trinajstić information content (AvgIpc) is 2.94. The smallest absolute Gasteiger partial charge is 0.249 e. The highest BCUT2D eigenvalue weighted by atomic mass is 35.5. The second kappa shape index (κ2) is 12.4. The molecule has 1 aliphatic heterocycles. The summed E-state index contributed by atoms with van der Waals surface area (Å²) in [7, 11) is 1.50. The number of halogens is 5. The van der Waals surface area contributed by atoms with Gasteiger partial charge in [0.25, 0.3) is 0 Å². The van der Waals surface area contributed by atoms with Crippen molar-refractivity contribution in [2.45, 2.75) is 31.9 Å². The topological polar surface area (TPSA) is 86.7 Å². The Hall–Kier alpha value is -3.15. The fourth-order valence-corrected chi connectivity index (χ4v) is 5.38. The molecule has 1 aromatic heterocycles. The molecule has 1 fully saturated rings. The van der Waals surface area contributed by atoms with Gasteiger partial charge >= 0.3 is 0 Å². The quantitative estimate of drug-likeness (QED) is 0.124. The Morgan fingerprint density at radius 1 is 1.23 bits per heavy atom. The van der Waals surface area contributed by atoms with Crippen LogP contribution < -0.4 is 15.5 Å². The zero-order valence-corrected chi connectivity index (χ0v) is 22.0. The van der Waals surface area contributed by atoms with Gasteiger partial charge in [0, 0.05) is 42.4 Å². The van der Waals surface area contributed by atoms with E-state index in [4.69, 9.17) is 16.3 Å². The van der Waals surface area contributed by atoms with E-state index < -0.39 is 34.9 Å². The number of aromatic nitrogens is 1. The summed E-state index contributed by atoms with van der Waals surface area (Å²) in [5, 5.41) is 12.8. The number of anilines is 1. The number of ether oxygens (including phenoxy) is 1. The largest absolute Gasteiger partial charge is 0.497 e. The third-order valence-corrected chi connectivity index (χ3v) is 7.69. The minimum Gasteiger partial charge on any atom is -0.497 e. The normalized spacial score (nSPS) is 16.2. The van der Waals surface area contributed by atoms with Crippen LogP contribution in [0.25, 0.3) is 10.9 Å². The number of amides is 1. The maximum atomic E-state index is 15.7. The summed E-state index contributed by atoms with van der Waals surface area (Å²) >= 11 is 6.34. The summed E-state index contributed by atoms with van der Waals surface area (Å²) in [6.07, 6.45) is 0.717. The van der Waals surface area contributed by atoms with Crippen molar-refractivity contribution >= 4 is 34.1 Å². The number of hydrogen-bond acceptors (Lipinski definition) is 6. The predicted molar refractivity (Wildman–Crippen MR) is 139 cm³/mol. The molecule has 1 aliphatic rings. The fraction of sp³-hybridized carbons (Fsp3) is 0.407. The molecule has 3 N–H and O–H groups in total. The molecule has 1 atom stereocenters. The number of nitrogens with one attached hydrogen (secondary N) is 2. The fourth-order valence-electron chi connectivity index (χ4n) is 5.11. The number of hydrogen-bond donors (Lipinski definition) is 3. The zero-order chi connectivity index (χ0) is 28.2. The molecule has 210 valence electrons. The van der Waals surface area contributed by atoms with Crippen molar-refractivity contribution in [2.24, 2.45) is 5.41 Å². The molecule has 1 amide bonds. The molecule has 12 heteroatoms. The number of carbonyl (C=O) groups is 1. The number of rotatable bonds is 10. The minimum atomic E-state index is -1.50. The van der Waals surface area contributed by atoms with Gasteiger partial charge in [-0.15, -0.1) is 0 Å². The number of alkyl halides is 1. The van der Waals surface area contributed by atoms with Crippen LogP contribution in [0.5, 0.6) is 5.75 Å². The van der Waals surface area contributed by atoms with E-state index in [0.29, 0.717) is 55.2 Å². The van der Waals surface area contributed by atoms with Crippen molar-refractivity contribution in [1.29, 1.82) is 0 Å². The van der Waals surface area contributed by atoms with Crippen LogP contribution >= 0.6 is 11.6 Å². The number of nitrogens with zero attached hydrogens (tertiary/aromatic N) is 2. The van der Waals surface area contributed by atoms with Crippen LogP contribution in [0.2, 0.25) is 5.02 Å². The highest BCUT2D eigenvalue weighted by molar-refractivity contribution is 6.32. The SMILES string of the molecule is COc1ccc2ncc(Cl)c([C@H](F)CCC3(C(=O)NO)CCN(CCNc4cc(F)cc(F)c4F)CC3)c2c1. The van der Waals surface area contributed by atoms with Crippen molar-refractivity contribution < 1.29 is 32.3 Å². The van der Waals surface area contributed by atoms with E-state index in [0.717, 1.165) is 6.07 Å². The maximum absolute atomic E-state index is 15.7. The number of methoxy groups -OCH3 is 1. The van der Waals surface area contributed by atoms with Gasteiger partial charge in [-0.25, -0.2) is 23.0 Å². The van der Waals surface area contributed by atoms with E-state index in [9.17, 15) is 23.2 Å². The van der Waals surface area contributed by atoms with E-state index in [1.165, 1.54) is 13.3 Å². The Morgan fingerprint density at radius 3 is 2.67 bits per heavy atom. The molecule has 0 aliphatic carbocycles. The first kappa shape index (κ1) is 28.8. The summed E-state index contributed by atoms with van der Waals surface area (Å²) in [6.45, 7) is 1.52. The molecule has 7 nitrogen and oxygen atoms in total. The molecule has 0 unspecified atom stereocenters. The molecule has 0 spiro atoms. The summed E-state index contributed by atoms with van der Waals surface area (Å²) < 4.78 is 61.6. The second-order valence-corrected chi connectivity index (χ2v) is 10.1. The molecule has 0 radical (unpaired) electrons. The number of carbonyl (C=O) groups excluding carboxylic acids is 1. The van der Waals surface area contributed by atoms with E-state index in [1.807, 2.05) is 4.90 Å². The summed E-state index contributed by atoms with van der Waals surface area (Å²) in [4.78, 5) is 19.0. The molecule has 0 saturated carbocycles. The van der Waals surface area contributed by atoms with Crippen molar-refractivity contribution in [3.63, 3.8) is 0 Å². The van der Waals surface area contributed by atoms with Gasteiger partial charge in [-0.3, -0.25) is 15.0 Å². The Labute approximate surface area is 228 Å². The van der Waals surface area contributed by atoms with Crippen LogP contribution in [0.4, 0.5) is 23.2 Å². The lowest BCUT2D eigenvalue weighted by atomic mass is 9.73. The molecular weight excluding hydrogens is 540 g/mol. The van der Waals surface area contributed by atoms with E-state index in [-0.39, 0.29) is 35.7 Å². The second-order valence-electron chi connectivity index (χ2n) is 9.65. The first-order valence-electron chi connectivity index (χ1n) is 12.5. The van der Waals surface area contributed by atoms with Crippen molar-refractivity contribution in [2.75, 3.05) is 38.6 Å². The van der Waals surface area contributed by atoms with Crippen molar-refractivity contribution in [3.8, 4) is 5.75 Å². The number of pyridine rings is 1. The van der Waals surface area contributed by atoms with E-state index in [2.05, 4.69) is 10.3 Å². The Balaban J connectivity index is 1.40. The highest BCUT2D eigenvalue weighted by Gasteiger charge is 2.41. The van der Waals surface area contributed by atoms with Crippen LogP contribution in [-0.4, -0.2) is 54.3 Å². The van der Waals surface area contributed by atoms with Crippen LogP contribution in [0.3, 0.4) is 0 Å². The van der Waals surface area contributed by atoms with Crippen molar-refractivity contribution in [1.82, 2.24) is 15.4 Å². The van der Waals surface area contributed by atoms with Gasteiger partial charge < -0.3 is 15.0 Å². The molecule has 2 aromatic carbocycles. The summed E-state index contributed by atoms with van der Waals surface area (Å²) in [5.41, 5.74) is 1.28. The Bertz CT molecular complexity index is 1340. The van der Waals surface area contributed by atoms with Crippen molar-refractivity contribution in [3.05, 3.63) is 64.6 Å². The minimum absolute atomic E-state index is 0.0184. The number of likely N-dealkylation sites (tertiary alicyclic amines) is 1. The molecule has 3 aromatic rings. The van der Waals surface area contributed by atoms with E-state index >= 15 is 4.39 Å². The van der Waals surface area contributed by atoms with Crippen LogP contribution in [0.1, 0.15) is 37.4 Å². The molecular formula is C27H29ClF4N4O3. The molecule has 39 heavy (non-hydrogen) atoms. The third kappa shape index (κ3) is 6.37. The van der Waals surface area contributed by atoms with Gasteiger partial charge in [0.2, 0.25) is 5.91 Å². The van der Waals surface area contributed by atoms with Gasteiger partial charge in [0.15, 0.2) is 11.6 Å². The number of piperidine rings is 1. The lowest BCUT2D eigenvalue weighted by molar-refractivity contribution is -0.143. The molecule has 1 saturated heterocycles. The van der Waals surface area contributed by atoms with Gasteiger partial charge in [-0.05, 0) is 57.0 Å². The zero-order valence-electron chi connectivity index (χ0n) is 21.2. The lowest BCUT2D eigenvalue weighted by Crippen LogP contribution is -2.49. The molecule has 0 bridgehead atoms. The van der Waals surface area contributed by atoms with Gasteiger partial charge in [0.1, 0.15) is 17.7 Å². The molecule has 4 rings (SSSR count). The number of fused-ring (bicyclic) bond motifs is 1. The molecule has 2 heterocycles. The highest BCUT2D eigenvalue weighted by Crippen LogP contribution is 2.42. The van der Waals surface area contributed by atoms with E-state index in [1.54, 1.807) is 23.7 Å². The number of hydroxylamine groups is 1. The van der Waals surface area contributed by atoms with Gasteiger partial charge in [0.05, 0.1) is 28.8 Å². The monoisotopic (exact) mass is 568 g/mol. The van der Waals surface area contributed by atoms with Crippen LogP contribution in [0, 0.1) is 22.9 Å².